The number of rotatable bonds is 10. The molecule has 2 rings (SSSR count). The van der Waals surface area contributed by atoms with E-state index in [4.69, 9.17) is 5.11 Å². The summed E-state index contributed by atoms with van der Waals surface area (Å²) in [5.74, 6) is 1.05. The summed E-state index contributed by atoms with van der Waals surface area (Å²) >= 11 is 0. The first-order valence-corrected chi connectivity index (χ1v) is 10.5. The highest BCUT2D eigenvalue weighted by Crippen LogP contribution is 2.34. The van der Waals surface area contributed by atoms with Crippen molar-refractivity contribution in [3.8, 4) is 0 Å². The van der Waals surface area contributed by atoms with Crippen LogP contribution in [0.1, 0.15) is 90.4 Å². The van der Waals surface area contributed by atoms with Crippen LogP contribution in [0.25, 0.3) is 0 Å². The first-order valence-electron chi connectivity index (χ1n) is 10.5. The second kappa shape index (κ2) is 10.8. The Hall–Kier alpha value is -1.12. The number of unbranched alkanes of at least 4 members (excludes halogenated alkanes) is 2. The van der Waals surface area contributed by atoms with Crippen molar-refractivity contribution in [3.05, 3.63) is 12.2 Å². The maximum absolute atomic E-state index is 12.2. The third kappa shape index (κ3) is 6.95. The molecule has 25 heavy (non-hydrogen) atoms. The van der Waals surface area contributed by atoms with Gasteiger partial charge in [0, 0.05) is 12.3 Å². The van der Waals surface area contributed by atoms with Crippen LogP contribution >= 0.6 is 0 Å². The standard InChI is InChI=1S/C22H36O3/c1-17(22(24)25)9-4-2-7-14-20-19(15-16-21(20)23)13-8-12-18-10-5-3-6-11-18/h8,13,17-20H,2-7,9-12,14-16H2,1H3,(H,24,25)/b13-8+/t17?,19-,20+/m0/s1. The molecule has 3 atom stereocenters. The van der Waals surface area contributed by atoms with Crippen LogP contribution in [0.4, 0.5) is 0 Å². The van der Waals surface area contributed by atoms with Gasteiger partial charge in [0.15, 0.2) is 0 Å². The van der Waals surface area contributed by atoms with Gasteiger partial charge in [-0.1, -0.05) is 70.4 Å². The van der Waals surface area contributed by atoms with Crippen LogP contribution < -0.4 is 0 Å². The van der Waals surface area contributed by atoms with Crippen molar-refractivity contribution in [1.29, 1.82) is 0 Å². The molecule has 2 fully saturated rings. The molecular formula is C22H36O3. The number of hydrogen-bond donors (Lipinski definition) is 1. The van der Waals surface area contributed by atoms with Crippen molar-refractivity contribution in [2.24, 2.45) is 23.7 Å². The number of carbonyl (C=O) groups excluding carboxylic acids is 1. The summed E-state index contributed by atoms with van der Waals surface area (Å²) in [6.07, 6.45) is 19.4. The normalized spacial score (nSPS) is 26.4. The smallest absolute Gasteiger partial charge is 0.306 e. The van der Waals surface area contributed by atoms with Gasteiger partial charge in [0.2, 0.25) is 0 Å². The Labute approximate surface area is 153 Å². The van der Waals surface area contributed by atoms with Crippen molar-refractivity contribution >= 4 is 11.8 Å². The minimum atomic E-state index is -0.700. The fourth-order valence-electron chi connectivity index (χ4n) is 4.52. The maximum atomic E-state index is 12.2. The van der Waals surface area contributed by atoms with Crippen LogP contribution in [0.15, 0.2) is 12.2 Å². The second-order valence-corrected chi connectivity index (χ2v) is 8.32. The van der Waals surface area contributed by atoms with Crippen LogP contribution in [-0.4, -0.2) is 16.9 Å². The van der Waals surface area contributed by atoms with Gasteiger partial charge in [-0.2, -0.15) is 0 Å². The average molecular weight is 349 g/mol. The summed E-state index contributed by atoms with van der Waals surface area (Å²) in [5, 5.41) is 8.90. The Morgan fingerprint density at radius 3 is 2.64 bits per heavy atom. The molecule has 2 aliphatic carbocycles. The molecule has 0 saturated heterocycles. The number of carbonyl (C=O) groups is 2. The molecule has 0 spiro atoms. The van der Waals surface area contributed by atoms with Gasteiger partial charge < -0.3 is 5.11 Å². The zero-order valence-corrected chi connectivity index (χ0v) is 15.9. The SMILES string of the molecule is CC(CCCCC[C@H]1C(=O)CC[C@@H]1/C=C/CC1CCCCC1)C(=O)O. The first kappa shape index (κ1) is 20.2. The van der Waals surface area contributed by atoms with E-state index < -0.39 is 5.97 Å². The van der Waals surface area contributed by atoms with Crippen molar-refractivity contribution in [1.82, 2.24) is 0 Å². The summed E-state index contributed by atoms with van der Waals surface area (Å²) in [5.41, 5.74) is 0. The average Bonchev–Trinajstić information content (AvgIpc) is 2.95. The topological polar surface area (TPSA) is 54.4 Å². The largest absolute Gasteiger partial charge is 0.481 e. The molecule has 3 nitrogen and oxygen atoms in total. The van der Waals surface area contributed by atoms with Crippen molar-refractivity contribution < 1.29 is 14.7 Å². The second-order valence-electron chi connectivity index (χ2n) is 8.32. The van der Waals surface area contributed by atoms with Crippen molar-refractivity contribution in [2.75, 3.05) is 0 Å². The molecular weight excluding hydrogens is 312 g/mol. The first-order chi connectivity index (χ1) is 12.1. The minimum absolute atomic E-state index is 0.222. The molecule has 0 aromatic rings. The monoisotopic (exact) mass is 348 g/mol. The predicted molar refractivity (Wildman–Crippen MR) is 101 cm³/mol. The summed E-state index contributed by atoms with van der Waals surface area (Å²) < 4.78 is 0. The minimum Gasteiger partial charge on any atom is -0.481 e. The highest BCUT2D eigenvalue weighted by Gasteiger charge is 2.32. The van der Waals surface area contributed by atoms with Crippen LogP contribution in [0.3, 0.4) is 0 Å². The van der Waals surface area contributed by atoms with E-state index in [2.05, 4.69) is 12.2 Å². The summed E-state index contributed by atoms with van der Waals surface area (Å²) in [4.78, 5) is 23.0. The number of ketones is 1. The molecule has 0 amide bonds. The highest BCUT2D eigenvalue weighted by molar-refractivity contribution is 5.83. The van der Waals surface area contributed by atoms with Crippen LogP contribution in [0, 0.1) is 23.7 Å². The third-order valence-electron chi connectivity index (χ3n) is 6.31. The number of carboxylic acids is 1. The van der Waals surface area contributed by atoms with Crippen molar-refractivity contribution in [2.45, 2.75) is 90.4 Å². The predicted octanol–water partition coefficient (Wildman–Crippen LogP) is 5.78. The molecule has 0 aromatic carbocycles. The summed E-state index contributed by atoms with van der Waals surface area (Å²) in [7, 11) is 0. The molecule has 0 bridgehead atoms. The van der Waals surface area contributed by atoms with E-state index in [1.165, 1.54) is 38.5 Å². The molecule has 1 unspecified atom stereocenters. The Morgan fingerprint density at radius 2 is 1.92 bits per heavy atom. The number of allylic oxidation sites excluding steroid dienone is 2. The quantitative estimate of drug-likeness (QED) is 0.402. The molecule has 0 heterocycles. The van der Waals surface area contributed by atoms with E-state index in [1.54, 1.807) is 6.92 Å². The zero-order valence-electron chi connectivity index (χ0n) is 15.9. The molecule has 2 saturated carbocycles. The van der Waals surface area contributed by atoms with E-state index in [0.717, 1.165) is 50.9 Å². The Morgan fingerprint density at radius 1 is 1.16 bits per heavy atom. The Kier molecular flexibility index (Phi) is 8.71. The lowest BCUT2D eigenvalue weighted by Gasteiger charge is -2.20. The molecule has 142 valence electrons. The molecule has 1 N–H and O–H groups in total. The third-order valence-corrected chi connectivity index (χ3v) is 6.31. The lowest BCUT2D eigenvalue weighted by Crippen LogP contribution is -2.13. The number of carboxylic acid groups (broad SMARTS) is 1. The maximum Gasteiger partial charge on any atom is 0.306 e. The van der Waals surface area contributed by atoms with Gasteiger partial charge in [0.25, 0.3) is 0 Å². The zero-order chi connectivity index (χ0) is 18.1. The molecule has 0 aromatic heterocycles. The van der Waals surface area contributed by atoms with E-state index >= 15 is 0 Å². The molecule has 0 aliphatic heterocycles. The van der Waals surface area contributed by atoms with Gasteiger partial charge in [-0.15, -0.1) is 0 Å². The van der Waals surface area contributed by atoms with Crippen LogP contribution in [0.2, 0.25) is 0 Å². The molecule has 3 heteroatoms. The summed E-state index contributed by atoms with van der Waals surface area (Å²) in [6, 6.07) is 0. The summed E-state index contributed by atoms with van der Waals surface area (Å²) in [6.45, 7) is 1.77. The number of Topliss-reactive ketones (excluding diaryl/α,β-unsaturated/α-hetero) is 1. The number of aliphatic carboxylic acids is 1. The Balaban J connectivity index is 1.66. The van der Waals surface area contributed by atoms with Gasteiger partial charge in [-0.25, -0.2) is 0 Å². The van der Waals surface area contributed by atoms with E-state index in [9.17, 15) is 9.59 Å². The van der Waals surface area contributed by atoms with E-state index in [-0.39, 0.29) is 11.8 Å². The lowest BCUT2D eigenvalue weighted by atomic mass is 9.85. The van der Waals surface area contributed by atoms with Gasteiger partial charge >= 0.3 is 5.97 Å². The number of hydrogen-bond acceptors (Lipinski definition) is 2. The van der Waals surface area contributed by atoms with Gasteiger partial charge in [0.05, 0.1) is 5.92 Å². The van der Waals surface area contributed by atoms with E-state index in [1.807, 2.05) is 0 Å². The fraction of sp³-hybridized carbons (Fsp3) is 0.818. The Bertz CT molecular complexity index is 448. The fourth-order valence-corrected chi connectivity index (χ4v) is 4.52. The van der Waals surface area contributed by atoms with Crippen LogP contribution in [-0.2, 0) is 9.59 Å². The van der Waals surface area contributed by atoms with Gasteiger partial charge in [-0.3, -0.25) is 9.59 Å². The van der Waals surface area contributed by atoms with E-state index in [0.29, 0.717) is 11.7 Å². The van der Waals surface area contributed by atoms with Gasteiger partial charge in [0.1, 0.15) is 5.78 Å². The van der Waals surface area contributed by atoms with Crippen LogP contribution in [0.5, 0.6) is 0 Å². The van der Waals surface area contributed by atoms with Gasteiger partial charge in [-0.05, 0) is 37.5 Å². The molecule has 0 radical (unpaired) electrons. The molecule has 2 aliphatic rings. The highest BCUT2D eigenvalue weighted by atomic mass is 16.4. The van der Waals surface area contributed by atoms with Crippen molar-refractivity contribution in [3.63, 3.8) is 0 Å². The lowest BCUT2D eigenvalue weighted by molar-refractivity contribution is -0.141.